The molecule has 2 atom stereocenters. The van der Waals surface area contributed by atoms with E-state index in [0.717, 1.165) is 17.2 Å². The molecule has 0 bridgehead atoms. The van der Waals surface area contributed by atoms with Crippen LogP contribution in [-0.4, -0.2) is 6.10 Å². The first kappa shape index (κ1) is 8.89. The van der Waals surface area contributed by atoms with Crippen molar-refractivity contribution in [2.24, 2.45) is 5.92 Å². The van der Waals surface area contributed by atoms with E-state index in [-0.39, 0.29) is 0 Å². The molecule has 0 N–H and O–H groups in total. The zero-order chi connectivity index (χ0) is 9.26. The minimum atomic E-state index is 0.436. The Bertz CT molecular complexity index is 298. The first-order chi connectivity index (χ1) is 6.29. The molecule has 0 saturated heterocycles. The molecule has 1 unspecified atom stereocenters. The van der Waals surface area contributed by atoms with Crippen molar-refractivity contribution in [1.82, 2.24) is 0 Å². The van der Waals surface area contributed by atoms with E-state index in [1.165, 1.54) is 6.42 Å². The molecule has 2 heteroatoms. The van der Waals surface area contributed by atoms with E-state index in [2.05, 4.69) is 6.92 Å². The Hall–Kier alpha value is -0.690. The Morgan fingerprint density at radius 3 is 2.92 bits per heavy atom. The van der Waals surface area contributed by atoms with E-state index in [9.17, 15) is 0 Å². The van der Waals surface area contributed by atoms with Crippen molar-refractivity contribution in [2.75, 3.05) is 0 Å². The average molecular weight is 197 g/mol. The summed E-state index contributed by atoms with van der Waals surface area (Å²) in [7, 11) is 0. The van der Waals surface area contributed by atoms with Gasteiger partial charge in [-0.1, -0.05) is 19.1 Å². The maximum Gasteiger partial charge on any atom is 0.120 e. The smallest absolute Gasteiger partial charge is 0.120 e. The van der Waals surface area contributed by atoms with Crippen LogP contribution in [0.5, 0.6) is 5.75 Å². The second-order valence-electron chi connectivity index (χ2n) is 3.65. The van der Waals surface area contributed by atoms with Gasteiger partial charge < -0.3 is 4.74 Å². The van der Waals surface area contributed by atoms with Crippen LogP contribution in [-0.2, 0) is 5.88 Å². The Labute approximate surface area is 83.7 Å². The maximum absolute atomic E-state index is 5.72. The normalized spacial score (nSPS) is 25.7. The van der Waals surface area contributed by atoms with Crippen molar-refractivity contribution in [2.45, 2.75) is 25.3 Å². The summed E-state index contributed by atoms with van der Waals surface area (Å²) in [6.45, 7) is 2.20. The molecule has 1 nitrogen and oxygen atoms in total. The molecule has 13 heavy (non-hydrogen) atoms. The Balaban J connectivity index is 2.03. The third-order valence-electron chi connectivity index (χ3n) is 2.38. The quantitative estimate of drug-likeness (QED) is 0.675. The molecule has 70 valence electrons. The molecule has 1 aromatic carbocycles. The number of halogens is 1. The highest BCUT2D eigenvalue weighted by atomic mass is 35.5. The molecule has 0 aliphatic heterocycles. The van der Waals surface area contributed by atoms with Crippen LogP contribution < -0.4 is 4.74 Å². The number of ether oxygens (including phenoxy) is 1. The lowest BCUT2D eigenvalue weighted by Gasteiger charge is -2.05. The highest BCUT2D eigenvalue weighted by Crippen LogP contribution is 2.34. The standard InChI is InChI=1S/C11H13ClO/c1-8-5-11(8)13-10-4-2-3-9(6-10)7-12/h2-4,6,8,11H,5,7H2,1H3/t8?,11-/m1/s1. The lowest BCUT2D eigenvalue weighted by atomic mass is 10.2. The summed E-state index contributed by atoms with van der Waals surface area (Å²) in [6.07, 6.45) is 1.62. The molecule has 1 aliphatic carbocycles. The second kappa shape index (κ2) is 3.59. The van der Waals surface area contributed by atoms with Crippen molar-refractivity contribution in [1.29, 1.82) is 0 Å². The predicted molar refractivity (Wildman–Crippen MR) is 54.2 cm³/mol. The summed E-state index contributed by atoms with van der Waals surface area (Å²) in [6, 6.07) is 8.00. The van der Waals surface area contributed by atoms with E-state index in [1.807, 2.05) is 24.3 Å². The van der Waals surface area contributed by atoms with Crippen LogP contribution in [0.1, 0.15) is 18.9 Å². The van der Waals surface area contributed by atoms with Crippen LogP contribution in [0.4, 0.5) is 0 Å². The number of alkyl halides is 1. The Morgan fingerprint density at radius 1 is 1.54 bits per heavy atom. The molecule has 0 radical (unpaired) electrons. The molecule has 2 rings (SSSR count). The molecular formula is C11H13ClO. The van der Waals surface area contributed by atoms with Crippen LogP contribution in [0.15, 0.2) is 24.3 Å². The van der Waals surface area contributed by atoms with Crippen LogP contribution in [0.25, 0.3) is 0 Å². The van der Waals surface area contributed by atoms with Gasteiger partial charge in [0, 0.05) is 5.88 Å². The summed E-state index contributed by atoms with van der Waals surface area (Å²) < 4.78 is 5.72. The minimum absolute atomic E-state index is 0.436. The summed E-state index contributed by atoms with van der Waals surface area (Å²) in [5.74, 6) is 2.23. The molecule has 1 aromatic rings. The highest BCUT2D eigenvalue weighted by Gasteiger charge is 2.34. The van der Waals surface area contributed by atoms with E-state index < -0.39 is 0 Å². The number of hydrogen-bond acceptors (Lipinski definition) is 1. The SMILES string of the molecule is CC1C[C@H]1Oc1cccc(CCl)c1. The van der Waals surface area contributed by atoms with Crippen molar-refractivity contribution in [3.05, 3.63) is 29.8 Å². The van der Waals surface area contributed by atoms with Gasteiger partial charge in [0.25, 0.3) is 0 Å². The molecule has 1 aliphatic rings. The molecule has 1 fully saturated rings. The molecule has 0 amide bonds. The fourth-order valence-corrected chi connectivity index (χ4v) is 1.50. The van der Waals surface area contributed by atoms with E-state index in [1.54, 1.807) is 0 Å². The molecule has 1 saturated carbocycles. The third kappa shape index (κ3) is 2.16. The first-order valence-corrected chi connectivity index (χ1v) is 5.14. The van der Waals surface area contributed by atoms with Crippen molar-refractivity contribution in [3.8, 4) is 5.75 Å². The van der Waals surface area contributed by atoms with Crippen molar-refractivity contribution < 1.29 is 4.74 Å². The largest absolute Gasteiger partial charge is 0.490 e. The van der Waals surface area contributed by atoms with Gasteiger partial charge in [-0.25, -0.2) is 0 Å². The Kier molecular flexibility index (Phi) is 2.45. The fraction of sp³-hybridized carbons (Fsp3) is 0.455. The van der Waals surface area contributed by atoms with Crippen LogP contribution in [0.3, 0.4) is 0 Å². The summed E-state index contributed by atoms with van der Waals surface area (Å²) in [5, 5.41) is 0. The first-order valence-electron chi connectivity index (χ1n) is 4.61. The predicted octanol–water partition coefficient (Wildman–Crippen LogP) is 3.21. The zero-order valence-corrected chi connectivity index (χ0v) is 8.42. The molecule has 0 aromatic heterocycles. The van der Waals surface area contributed by atoms with Gasteiger partial charge in [-0.2, -0.15) is 0 Å². The van der Waals surface area contributed by atoms with Gasteiger partial charge in [0.1, 0.15) is 11.9 Å². The molecule has 0 heterocycles. The monoisotopic (exact) mass is 196 g/mol. The van der Waals surface area contributed by atoms with Gasteiger partial charge in [0.05, 0.1) is 0 Å². The van der Waals surface area contributed by atoms with Gasteiger partial charge >= 0.3 is 0 Å². The second-order valence-corrected chi connectivity index (χ2v) is 3.92. The van der Waals surface area contributed by atoms with Crippen LogP contribution in [0.2, 0.25) is 0 Å². The summed E-state index contributed by atoms with van der Waals surface area (Å²) in [5.41, 5.74) is 1.12. The van der Waals surface area contributed by atoms with Crippen LogP contribution in [0, 0.1) is 5.92 Å². The van der Waals surface area contributed by atoms with Gasteiger partial charge in [-0.3, -0.25) is 0 Å². The number of hydrogen-bond donors (Lipinski definition) is 0. The molecular weight excluding hydrogens is 184 g/mol. The van der Waals surface area contributed by atoms with Gasteiger partial charge in [-0.15, -0.1) is 11.6 Å². The third-order valence-corrected chi connectivity index (χ3v) is 2.68. The molecule has 0 spiro atoms. The number of rotatable bonds is 3. The Morgan fingerprint density at radius 2 is 2.31 bits per heavy atom. The lowest BCUT2D eigenvalue weighted by molar-refractivity contribution is 0.288. The maximum atomic E-state index is 5.72. The van der Waals surface area contributed by atoms with Gasteiger partial charge in [0.15, 0.2) is 0 Å². The number of benzene rings is 1. The summed E-state index contributed by atoms with van der Waals surface area (Å²) in [4.78, 5) is 0. The summed E-state index contributed by atoms with van der Waals surface area (Å²) >= 11 is 5.72. The average Bonchev–Trinajstić information content (AvgIpc) is 2.82. The van der Waals surface area contributed by atoms with E-state index in [0.29, 0.717) is 12.0 Å². The minimum Gasteiger partial charge on any atom is -0.490 e. The van der Waals surface area contributed by atoms with Crippen LogP contribution >= 0.6 is 11.6 Å². The fourth-order valence-electron chi connectivity index (χ4n) is 1.33. The highest BCUT2D eigenvalue weighted by molar-refractivity contribution is 6.17. The van der Waals surface area contributed by atoms with Crippen molar-refractivity contribution in [3.63, 3.8) is 0 Å². The van der Waals surface area contributed by atoms with E-state index in [4.69, 9.17) is 16.3 Å². The van der Waals surface area contributed by atoms with Gasteiger partial charge in [0.2, 0.25) is 0 Å². The lowest BCUT2D eigenvalue weighted by Crippen LogP contribution is -1.98. The van der Waals surface area contributed by atoms with Gasteiger partial charge in [-0.05, 0) is 30.0 Å². The van der Waals surface area contributed by atoms with E-state index >= 15 is 0 Å². The zero-order valence-electron chi connectivity index (χ0n) is 7.66. The van der Waals surface area contributed by atoms with Crippen molar-refractivity contribution >= 4 is 11.6 Å². The topological polar surface area (TPSA) is 9.23 Å².